The van der Waals surface area contributed by atoms with Gasteiger partial charge in [-0.25, -0.2) is 0 Å². The van der Waals surface area contributed by atoms with Gasteiger partial charge in [-0.05, 0) is 75.0 Å². The van der Waals surface area contributed by atoms with Gasteiger partial charge in [-0.15, -0.1) is 0 Å². The Balaban J connectivity index is 2.24. The van der Waals surface area contributed by atoms with E-state index in [0.29, 0.717) is 11.3 Å². The predicted molar refractivity (Wildman–Crippen MR) is 92.7 cm³/mol. The maximum absolute atomic E-state index is 11.1. The van der Waals surface area contributed by atoms with Gasteiger partial charge in [0.05, 0.1) is 12.2 Å². The summed E-state index contributed by atoms with van der Waals surface area (Å²) >= 11 is 0. The molecule has 0 aromatic rings. The highest BCUT2D eigenvalue weighted by Gasteiger charge is 2.57. The van der Waals surface area contributed by atoms with E-state index < -0.39 is 5.60 Å². The van der Waals surface area contributed by atoms with Gasteiger partial charge in [-0.1, -0.05) is 38.8 Å². The van der Waals surface area contributed by atoms with Crippen molar-refractivity contribution in [1.29, 1.82) is 0 Å². The highest BCUT2D eigenvalue weighted by Crippen LogP contribution is 2.62. The third-order valence-electron chi connectivity index (χ3n) is 7.03. The second kappa shape index (κ2) is 6.28. The molecule has 128 valence electrons. The van der Waals surface area contributed by atoms with Crippen LogP contribution in [0, 0.1) is 22.7 Å². The lowest BCUT2D eigenvalue weighted by Crippen LogP contribution is -2.57. The summed E-state index contributed by atoms with van der Waals surface area (Å²) in [5.41, 5.74) is 1.36. The van der Waals surface area contributed by atoms with E-state index in [0.717, 1.165) is 25.2 Å². The number of fused-ring (bicyclic) bond motifs is 1. The molecule has 0 aliphatic heterocycles. The fraction of sp³-hybridized carbons (Fsp3) is 0.900. The molecule has 2 fully saturated rings. The zero-order valence-electron chi connectivity index (χ0n) is 15.3. The van der Waals surface area contributed by atoms with Crippen molar-refractivity contribution in [3.63, 3.8) is 0 Å². The van der Waals surface area contributed by atoms with Crippen LogP contribution in [0.15, 0.2) is 11.6 Å². The minimum Gasteiger partial charge on any atom is -0.392 e. The van der Waals surface area contributed by atoms with Gasteiger partial charge < -0.3 is 10.2 Å². The molecular formula is C20H36O2. The lowest BCUT2D eigenvalue weighted by molar-refractivity contribution is -0.168. The summed E-state index contributed by atoms with van der Waals surface area (Å²) in [6.45, 7) is 11.6. The van der Waals surface area contributed by atoms with Crippen LogP contribution < -0.4 is 0 Å². The van der Waals surface area contributed by atoms with Crippen LogP contribution in [0.3, 0.4) is 0 Å². The van der Waals surface area contributed by atoms with E-state index in [2.05, 4.69) is 34.6 Å². The van der Waals surface area contributed by atoms with Crippen molar-refractivity contribution in [3.05, 3.63) is 11.6 Å². The Morgan fingerprint density at radius 3 is 2.45 bits per heavy atom. The first-order valence-electron chi connectivity index (χ1n) is 9.12. The van der Waals surface area contributed by atoms with Crippen molar-refractivity contribution in [2.75, 3.05) is 6.61 Å². The Morgan fingerprint density at radius 2 is 1.82 bits per heavy atom. The smallest absolute Gasteiger partial charge is 0.0653 e. The van der Waals surface area contributed by atoms with E-state index in [-0.39, 0.29) is 12.0 Å². The van der Waals surface area contributed by atoms with E-state index in [1.807, 2.05) is 6.08 Å². The topological polar surface area (TPSA) is 40.5 Å². The molecule has 0 spiro atoms. The van der Waals surface area contributed by atoms with Crippen LogP contribution in [0.2, 0.25) is 0 Å². The fourth-order valence-electron chi connectivity index (χ4n) is 5.90. The van der Waals surface area contributed by atoms with Crippen molar-refractivity contribution < 1.29 is 10.2 Å². The van der Waals surface area contributed by atoms with Crippen LogP contribution in [0.1, 0.15) is 79.6 Å². The molecule has 2 N–H and O–H groups in total. The second-order valence-corrected chi connectivity index (χ2v) is 9.12. The van der Waals surface area contributed by atoms with Crippen LogP contribution >= 0.6 is 0 Å². The zero-order valence-corrected chi connectivity index (χ0v) is 15.3. The maximum atomic E-state index is 11.1. The van der Waals surface area contributed by atoms with E-state index in [1.54, 1.807) is 0 Å². The molecule has 2 aliphatic rings. The number of rotatable bonds is 4. The quantitative estimate of drug-likeness (QED) is 0.739. The molecule has 0 aromatic heterocycles. The lowest BCUT2D eigenvalue weighted by atomic mass is 9.45. The Labute approximate surface area is 137 Å². The van der Waals surface area contributed by atoms with Gasteiger partial charge in [-0.2, -0.15) is 0 Å². The number of hydrogen-bond acceptors (Lipinski definition) is 2. The molecule has 0 aromatic carbocycles. The van der Waals surface area contributed by atoms with Crippen molar-refractivity contribution in [2.24, 2.45) is 22.7 Å². The van der Waals surface area contributed by atoms with Gasteiger partial charge in [0.15, 0.2) is 0 Å². The largest absolute Gasteiger partial charge is 0.392 e. The van der Waals surface area contributed by atoms with Crippen molar-refractivity contribution in [3.8, 4) is 0 Å². The average Bonchev–Trinajstić information content (AvgIpc) is 2.36. The molecule has 0 amide bonds. The highest BCUT2D eigenvalue weighted by molar-refractivity contribution is 5.09. The van der Waals surface area contributed by atoms with Gasteiger partial charge in [0.1, 0.15) is 0 Å². The van der Waals surface area contributed by atoms with Crippen LogP contribution in [-0.2, 0) is 0 Å². The van der Waals surface area contributed by atoms with E-state index >= 15 is 0 Å². The second-order valence-electron chi connectivity index (χ2n) is 9.12. The minimum absolute atomic E-state index is 0.125. The molecule has 1 unspecified atom stereocenters. The Bertz CT molecular complexity index is 421. The molecule has 22 heavy (non-hydrogen) atoms. The zero-order chi connectivity index (χ0) is 16.6. The van der Waals surface area contributed by atoms with Crippen molar-refractivity contribution in [1.82, 2.24) is 0 Å². The Morgan fingerprint density at radius 1 is 1.14 bits per heavy atom. The first-order chi connectivity index (χ1) is 10.1. The van der Waals surface area contributed by atoms with E-state index in [4.69, 9.17) is 5.11 Å². The standard InChI is InChI=1S/C20H36O2/c1-15(10-14-21)7-8-17-19(4)12-6-11-18(2,3)16(19)9-13-20(17,5)22/h10,16-17,21-22H,6-9,11-14H2,1-5H3/b15-10+/t16-,17?,19-,20+/m0/s1. The van der Waals surface area contributed by atoms with Crippen LogP contribution in [-0.4, -0.2) is 22.4 Å². The number of aliphatic hydroxyl groups is 2. The van der Waals surface area contributed by atoms with Gasteiger partial charge in [0.2, 0.25) is 0 Å². The Kier molecular flexibility index (Phi) is 5.14. The fourth-order valence-corrected chi connectivity index (χ4v) is 5.90. The van der Waals surface area contributed by atoms with Crippen LogP contribution in [0.5, 0.6) is 0 Å². The normalized spacial score (nSPS) is 42.0. The summed E-state index contributed by atoms with van der Waals surface area (Å²) in [5, 5.41) is 20.1. The lowest BCUT2D eigenvalue weighted by Gasteiger charge is -2.61. The molecule has 4 atom stereocenters. The van der Waals surface area contributed by atoms with Crippen molar-refractivity contribution in [2.45, 2.75) is 85.2 Å². The van der Waals surface area contributed by atoms with E-state index in [9.17, 15) is 5.11 Å². The summed E-state index contributed by atoms with van der Waals surface area (Å²) in [6, 6.07) is 0. The third-order valence-corrected chi connectivity index (χ3v) is 7.03. The van der Waals surface area contributed by atoms with Gasteiger partial charge >= 0.3 is 0 Å². The first kappa shape index (κ1) is 18.0. The summed E-state index contributed by atoms with van der Waals surface area (Å²) in [6.07, 6.45) is 9.90. The summed E-state index contributed by atoms with van der Waals surface area (Å²) in [4.78, 5) is 0. The molecule has 2 rings (SSSR count). The number of allylic oxidation sites excluding steroid dienone is 1. The number of hydrogen-bond donors (Lipinski definition) is 2. The molecule has 2 heteroatoms. The molecule has 0 saturated heterocycles. The summed E-state index contributed by atoms with van der Waals surface area (Å²) in [7, 11) is 0. The summed E-state index contributed by atoms with van der Waals surface area (Å²) < 4.78 is 0. The molecule has 2 nitrogen and oxygen atoms in total. The average molecular weight is 309 g/mol. The molecular weight excluding hydrogens is 272 g/mol. The maximum Gasteiger partial charge on any atom is 0.0653 e. The predicted octanol–water partition coefficient (Wildman–Crippen LogP) is 4.70. The van der Waals surface area contributed by atoms with E-state index in [1.165, 1.54) is 31.3 Å². The highest BCUT2D eigenvalue weighted by atomic mass is 16.3. The van der Waals surface area contributed by atoms with Gasteiger partial charge in [0, 0.05) is 0 Å². The SMILES string of the molecule is C/C(=C\CO)CCC1[C@](C)(O)CC[C@H]2C(C)(C)CCC[C@]12C. The molecule has 0 bridgehead atoms. The summed E-state index contributed by atoms with van der Waals surface area (Å²) in [5.74, 6) is 1.08. The molecule has 0 radical (unpaired) electrons. The van der Waals surface area contributed by atoms with Crippen LogP contribution in [0.4, 0.5) is 0 Å². The minimum atomic E-state index is -0.543. The van der Waals surface area contributed by atoms with Crippen LogP contribution in [0.25, 0.3) is 0 Å². The number of aliphatic hydroxyl groups excluding tert-OH is 1. The van der Waals surface area contributed by atoms with Gasteiger partial charge in [-0.3, -0.25) is 0 Å². The Hall–Kier alpha value is -0.340. The first-order valence-corrected chi connectivity index (χ1v) is 9.12. The van der Waals surface area contributed by atoms with Gasteiger partial charge in [0.25, 0.3) is 0 Å². The molecule has 0 heterocycles. The third kappa shape index (κ3) is 3.28. The monoisotopic (exact) mass is 308 g/mol. The van der Waals surface area contributed by atoms with Crippen molar-refractivity contribution >= 4 is 0 Å². The molecule has 2 aliphatic carbocycles. The molecule has 2 saturated carbocycles.